The number of aliphatic hydroxyl groups is 4. The molecular weight excluding hydrogens is 600 g/mol. The van der Waals surface area contributed by atoms with Crippen molar-refractivity contribution >= 4 is 49.7 Å². The predicted molar refractivity (Wildman–Crippen MR) is 180 cm³/mol. The van der Waals surface area contributed by atoms with Crippen molar-refractivity contribution in [3.8, 4) is 0 Å². The normalized spacial score (nSPS) is 11.5. The van der Waals surface area contributed by atoms with Crippen LogP contribution in [0.5, 0.6) is 0 Å². The minimum Gasteiger partial charge on any atom is -0.544 e. The molecule has 0 aromatic heterocycles. The van der Waals surface area contributed by atoms with Gasteiger partial charge in [-0.05, 0) is 12.8 Å². The van der Waals surface area contributed by atoms with Crippen molar-refractivity contribution in [2.75, 3.05) is 0 Å². The second kappa shape index (κ2) is 35.3. The van der Waals surface area contributed by atoms with Gasteiger partial charge in [-0.15, -0.1) is 0 Å². The van der Waals surface area contributed by atoms with Gasteiger partial charge >= 0.3 is 37.7 Å². The molecule has 0 aliphatic rings. The zero-order chi connectivity index (χ0) is 33.4. The monoisotopic (exact) mass is 670 g/mol. The van der Waals surface area contributed by atoms with E-state index in [9.17, 15) is 19.8 Å². The third kappa shape index (κ3) is 36.7. The molecule has 264 valence electrons. The summed E-state index contributed by atoms with van der Waals surface area (Å²) in [6, 6.07) is 0. The first kappa shape index (κ1) is 49.4. The molecule has 0 aliphatic heterocycles. The van der Waals surface area contributed by atoms with Crippen molar-refractivity contribution in [1.29, 1.82) is 0 Å². The van der Waals surface area contributed by atoms with Gasteiger partial charge in [0.15, 0.2) is 0 Å². The van der Waals surface area contributed by atoms with E-state index in [2.05, 4.69) is 13.8 Å². The van der Waals surface area contributed by atoms with Gasteiger partial charge in [-0.25, -0.2) is 0 Å². The second-order valence-corrected chi connectivity index (χ2v) is 12.9. The zero-order valence-corrected chi connectivity index (χ0v) is 31.6. The van der Waals surface area contributed by atoms with Gasteiger partial charge in [0, 0.05) is 12.8 Å². The van der Waals surface area contributed by atoms with E-state index in [-0.39, 0.29) is 50.6 Å². The number of carboxylic acids is 2. The molecular formula is C36H70CaO8. The van der Waals surface area contributed by atoms with Crippen LogP contribution in [0.3, 0.4) is 0 Å². The second-order valence-electron chi connectivity index (χ2n) is 12.9. The SMILES string of the molecule is CCCCCCCCCCCCCCCCC(O)(O)C(=O)[O-].CCCCCCCCCCCCCCCCC(O)(O)C(=O)[O-].[Ca+2]. The Hall–Kier alpha value is 0.0397. The summed E-state index contributed by atoms with van der Waals surface area (Å²) in [5, 5.41) is 57.1. The molecule has 45 heavy (non-hydrogen) atoms. The summed E-state index contributed by atoms with van der Waals surface area (Å²) in [6.45, 7) is 4.49. The molecule has 0 heterocycles. The number of aliphatic carboxylic acids is 2. The molecule has 9 heteroatoms. The van der Waals surface area contributed by atoms with E-state index in [1.165, 1.54) is 128 Å². The fraction of sp³-hybridized carbons (Fsp3) is 0.944. The van der Waals surface area contributed by atoms with Crippen molar-refractivity contribution in [2.45, 2.75) is 218 Å². The Morgan fingerprint density at radius 1 is 0.378 bits per heavy atom. The average Bonchev–Trinajstić information content (AvgIpc) is 2.97. The molecule has 0 aromatic rings. The van der Waals surface area contributed by atoms with Crippen LogP contribution in [-0.2, 0) is 9.59 Å². The third-order valence-electron chi connectivity index (χ3n) is 8.41. The molecule has 4 N–H and O–H groups in total. The van der Waals surface area contributed by atoms with Crippen LogP contribution < -0.4 is 10.2 Å². The van der Waals surface area contributed by atoms with E-state index in [0.717, 1.165) is 38.5 Å². The van der Waals surface area contributed by atoms with Gasteiger partial charge in [0.05, 0.1) is 0 Å². The molecule has 0 aromatic carbocycles. The fourth-order valence-corrected chi connectivity index (χ4v) is 5.34. The number of hydrogen-bond donors (Lipinski definition) is 4. The van der Waals surface area contributed by atoms with Crippen LogP contribution in [-0.4, -0.2) is 81.7 Å². The van der Waals surface area contributed by atoms with Gasteiger partial charge in [-0.2, -0.15) is 0 Å². The van der Waals surface area contributed by atoms with Gasteiger partial charge in [0.2, 0.25) is 11.6 Å². The maximum absolute atomic E-state index is 10.4. The van der Waals surface area contributed by atoms with Crippen molar-refractivity contribution in [2.24, 2.45) is 0 Å². The van der Waals surface area contributed by atoms with Crippen LogP contribution in [0.25, 0.3) is 0 Å². The maximum atomic E-state index is 10.4. The summed E-state index contributed by atoms with van der Waals surface area (Å²) < 4.78 is 0. The summed E-state index contributed by atoms with van der Waals surface area (Å²) in [6.07, 6.45) is 33.5. The van der Waals surface area contributed by atoms with Crippen molar-refractivity contribution < 1.29 is 40.2 Å². The molecule has 0 amide bonds. The van der Waals surface area contributed by atoms with Crippen LogP contribution in [0.1, 0.15) is 206 Å². The standard InChI is InChI=1S/2C18H36O4.Ca/c2*1-2-3-4-5-6-7-8-9-10-11-12-13-14-15-16-18(21,22)17(19)20;/h2*21-22H,2-16H2,1H3,(H,19,20);/q;;+2/p-2. The molecule has 0 unspecified atom stereocenters. The van der Waals surface area contributed by atoms with Gasteiger partial charge in [0.25, 0.3) is 0 Å². The van der Waals surface area contributed by atoms with Gasteiger partial charge in [0.1, 0.15) is 11.9 Å². The van der Waals surface area contributed by atoms with E-state index >= 15 is 0 Å². The number of hydrogen-bond acceptors (Lipinski definition) is 8. The van der Waals surface area contributed by atoms with Gasteiger partial charge < -0.3 is 40.2 Å². The van der Waals surface area contributed by atoms with E-state index in [0.29, 0.717) is 12.8 Å². The first-order chi connectivity index (χ1) is 21.0. The van der Waals surface area contributed by atoms with Crippen LogP contribution >= 0.6 is 0 Å². The smallest absolute Gasteiger partial charge is 0.544 e. The molecule has 8 nitrogen and oxygen atoms in total. The molecule has 0 radical (unpaired) electrons. The molecule has 0 atom stereocenters. The minimum absolute atomic E-state index is 0. The molecule has 0 bridgehead atoms. The van der Waals surface area contributed by atoms with Gasteiger partial charge in [-0.3, -0.25) is 0 Å². The molecule has 0 rings (SSSR count). The molecule has 0 fully saturated rings. The van der Waals surface area contributed by atoms with Gasteiger partial charge in [-0.1, -0.05) is 181 Å². The number of carbonyl (C=O) groups is 2. The molecule has 0 saturated heterocycles. The maximum Gasteiger partial charge on any atom is 2.00 e. The first-order valence-corrected chi connectivity index (χ1v) is 18.3. The van der Waals surface area contributed by atoms with E-state index in [4.69, 9.17) is 20.4 Å². The number of rotatable bonds is 32. The van der Waals surface area contributed by atoms with Crippen molar-refractivity contribution in [3.05, 3.63) is 0 Å². The predicted octanol–water partition coefficient (Wildman–Crippen LogP) is 6.20. The first-order valence-electron chi connectivity index (χ1n) is 18.3. The average molecular weight is 671 g/mol. The quantitative estimate of drug-likeness (QED) is 0.0374. The van der Waals surface area contributed by atoms with Crippen LogP contribution in [0, 0.1) is 0 Å². The molecule has 0 spiro atoms. The molecule has 0 saturated carbocycles. The number of carboxylic acid groups (broad SMARTS) is 2. The fourth-order valence-electron chi connectivity index (χ4n) is 5.34. The topological polar surface area (TPSA) is 161 Å². The van der Waals surface area contributed by atoms with Crippen molar-refractivity contribution in [1.82, 2.24) is 0 Å². The summed E-state index contributed by atoms with van der Waals surface area (Å²) in [7, 11) is 0. The Bertz CT molecular complexity index is 589. The van der Waals surface area contributed by atoms with E-state index in [1.54, 1.807) is 0 Å². The Morgan fingerprint density at radius 3 is 0.689 bits per heavy atom. The van der Waals surface area contributed by atoms with Crippen LogP contribution in [0.15, 0.2) is 0 Å². The largest absolute Gasteiger partial charge is 2.00 e. The van der Waals surface area contributed by atoms with Crippen LogP contribution in [0.2, 0.25) is 0 Å². The van der Waals surface area contributed by atoms with E-state index < -0.39 is 23.5 Å². The Morgan fingerprint density at radius 2 is 0.533 bits per heavy atom. The Labute approximate surface area is 306 Å². The third-order valence-corrected chi connectivity index (χ3v) is 8.41. The Balaban J connectivity index is -0.000000767. The van der Waals surface area contributed by atoms with E-state index in [1.807, 2.05) is 0 Å². The number of unbranched alkanes of at least 4 members (excludes halogenated alkanes) is 26. The molecule has 0 aliphatic carbocycles. The minimum atomic E-state index is -2.66. The van der Waals surface area contributed by atoms with Crippen molar-refractivity contribution in [3.63, 3.8) is 0 Å². The zero-order valence-electron chi connectivity index (χ0n) is 29.3. The summed E-state index contributed by atoms with van der Waals surface area (Å²) in [5.41, 5.74) is 0. The van der Waals surface area contributed by atoms with Crippen LogP contribution in [0.4, 0.5) is 0 Å². The summed E-state index contributed by atoms with van der Waals surface area (Å²) in [4.78, 5) is 20.7. The summed E-state index contributed by atoms with van der Waals surface area (Å²) >= 11 is 0. The summed E-state index contributed by atoms with van der Waals surface area (Å²) in [5.74, 6) is -8.92. The Kier molecular flexibility index (Phi) is 38.8. The number of carbonyl (C=O) groups excluding carboxylic acids is 2.